The minimum Gasteiger partial charge on any atom is -0.361 e. The van der Waals surface area contributed by atoms with Crippen molar-refractivity contribution in [3.8, 4) is 0 Å². The summed E-state index contributed by atoms with van der Waals surface area (Å²) < 4.78 is 0. The van der Waals surface area contributed by atoms with Gasteiger partial charge in [0.2, 0.25) is 0 Å². The molecule has 0 bridgehead atoms. The molecule has 1 N–H and O–H groups in total. The molecule has 0 aliphatic carbocycles. The van der Waals surface area contributed by atoms with Crippen LogP contribution in [0.5, 0.6) is 0 Å². The Bertz CT molecular complexity index is 370. The average Bonchev–Trinajstić information content (AvgIpc) is 2.30. The van der Waals surface area contributed by atoms with Gasteiger partial charge in [-0.3, -0.25) is 4.99 Å². The van der Waals surface area contributed by atoms with Crippen LogP contribution in [-0.4, -0.2) is 17.5 Å². The molecule has 16 heavy (non-hydrogen) atoms. The minimum atomic E-state index is 0.718. The number of hydrogen-bond acceptors (Lipinski definition) is 3. The molecule has 0 saturated carbocycles. The first kappa shape index (κ1) is 11.5. The van der Waals surface area contributed by atoms with E-state index >= 15 is 0 Å². The van der Waals surface area contributed by atoms with Gasteiger partial charge < -0.3 is 5.32 Å². The number of aryl methyl sites for hydroxylation is 1. The van der Waals surface area contributed by atoms with Crippen molar-refractivity contribution in [2.75, 3.05) is 12.3 Å². The van der Waals surface area contributed by atoms with E-state index in [0.29, 0.717) is 0 Å². The molecule has 1 unspecified atom stereocenters. The third-order valence-electron chi connectivity index (χ3n) is 2.62. The van der Waals surface area contributed by atoms with Gasteiger partial charge in [-0.25, -0.2) is 0 Å². The zero-order valence-corrected chi connectivity index (χ0v) is 10.7. The van der Waals surface area contributed by atoms with E-state index in [9.17, 15) is 0 Å². The molecule has 1 aliphatic heterocycles. The molecule has 1 heterocycles. The van der Waals surface area contributed by atoms with Gasteiger partial charge in [-0.05, 0) is 18.4 Å². The van der Waals surface area contributed by atoms with Crippen molar-refractivity contribution in [3.63, 3.8) is 0 Å². The van der Waals surface area contributed by atoms with Crippen LogP contribution in [0.3, 0.4) is 0 Å². The van der Waals surface area contributed by atoms with Crippen molar-refractivity contribution in [1.29, 1.82) is 0 Å². The van der Waals surface area contributed by atoms with E-state index in [1.165, 1.54) is 16.9 Å². The third kappa shape index (κ3) is 3.27. The van der Waals surface area contributed by atoms with Crippen LogP contribution in [0.15, 0.2) is 29.3 Å². The smallest absolute Gasteiger partial charge is 0.156 e. The Balaban J connectivity index is 1.85. The van der Waals surface area contributed by atoms with Crippen molar-refractivity contribution in [2.24, 2.45) is 10.9 Å². The second kappa shape index (κ2) is 5.39. The molecule has 1 aromatic carbocycles. The van der Waals surface area contributed by atoms with Gasteiger partial charge in [0.05, 0.1) is 0 Å². The van der Waals surface area contributed by atoms with E-state index in [0.717, 1.165) is 24.2 Å². The summed E-state index contributed by atoms with van der Waals surface area (Å²) >= 11 is 1.83. The molecule has 0 saturated heterocycles. The summed E-state index contributed by atoms with van der Waals surface area (Å²) in [5, 5.41) is 4.49. The van der Waals surface area contributed by atoms with E-state index in [4.69, 9.17) is 0 Å². The Hall–Kier alpha value is -0.960. The van der Waals surface area contributed by atoms with E-state index in [1.54, 1.807) is 0 Å². The lowest BCUT2D eigenvalue weighted by molar-refractivity contribution is 0.669. The zero-order chi connectivity index (χ0) is 11.4. The molecule has 2 nitrogen and oxygen atoms in total. The second-order valence-corrected chi connectivity index (χ2v) is 5.41. The molecule has 0 amide bonds. The Morgan fingerprint density at radius 1 is 1.38 bits per heavy atom. The molecule has 0 radical (unpaired) electrons. The summed E-state index contributed by atoms with van der Waals surface area (Å²) in [6, 6.07) is 8.63. The predicted molar refractivity (Wildman–Crippen MR) is 71.9 cm³/mol. The number of nitrogens with one attached hydrogen (secondary N) is 1. The highest BCUT2D eigenvalue weighted by Crippen LogP contribution is 2.16. The van der Waals surface area contributed by atoms with Gasteiger partial charge in [-0.1, -0.05) is 48.5 Å². The highest BCUT2D eigenvalue weighted by Gasteiger charge is 2.11. The first-order valence-electron chi connectivity index (χ1n) is 5.70. The number of rotatable bonds is 2. The normalized spacial score (nSPS) is 20.4. The van der Waals surface area contributed by atoms with Crippen molar-refractivity contribution in [3.05, 3.63) is 35.4 Å². The zero-order valence-electron chi connectivity index (χ0n) is 9.86. The van der Waals surface area contributed by atoms with Crippen LogP contribution in [0.2, 0.25) is 0 Å². The lowest BCUT2D eigenvalue weighted by Crippen LogP contribution is -2.25. The fourth-order valence-corrected chi connectivity index (χ4v) is 2.44. The molecule has 0 spiro atoms. The summed E-state index contributed by atoms with van der Waals surface area (Å²) in [5.74, 6) is 1.90. The summed E-state index contributed by atoms with van der Waals surface area (Å²) in [6.07, 6.45) is 0. The molecular formula is C13H18N2S. The lowest BCUT2D eigenvalue weighted by Gasteiger charge is -2.17. The van der Waals surface area contributed by atoms with Gasteiger partial charge in [-0.2, -0.15) is 0 Å². The van der Waals surface area contributed by atoms with Crippen molar-refractivity contribution in [1.82, 2.24) is 5.32 Å². The molecule has 0 fully saturated rings. The van der Waals surface area contributed by atoms with E-state index in [-0.39, 0.29) is 0 Å². The van der Waals surface area contributed by atoms with Crippen LogP contribution in [-0.2, 0) is 6.54 Å². The van der Waals surface area contributed by atoms with Crippen molar-refractivity contribution >= 4 is 16.9 Å². The number of benzene rings is 1. The number of nitrogens with zero attached hydrogens (tertiary/aromatic N) is 1. The topological polar surface area (TPSA) is 24.4 Å². The lowest BCUT2D eigenvalue weighted by atomic mass is 10.1. The number of aliphatic imine (C=N–C) groups is 1. The molecule has 1 atom stereocenters. The Labute approximate surface area is 102 Å². The summed E-state index contributed by atoms with van der Waals surface area (Å²) in [7, 11) is 0. The Kier molecular flexibility index (Phi) is 3.88. The number of amidine groups is 1. The SMILES string of the molecule is Cc1ccc(CNC2=NCC(C)CS2)cc1. The fourth-order valence-electron chi connectivity index (χ4n) is 1.55. The van der Waals surface area contributed by atoms with Crippen LogP contribution >= 0.6 is 11.8 Å². The quantitative estimate of drug-likeness (QED) is 0.851. The predicted octanol–water partition coefficient (Wildman–Crippen LogP) is 2.82. The fraction of sp³-hybridized carbons (Fsp3) is 0.462. The van der Waals surface area contributed by atoms with Gasteiger partial charge >= 0.3 is 0 Å². The third-order valence-corrected chi connectivity index (χ3v) is 3.90. The van der Waals surface area contributed by atoms with Gasteiger partial charge in [0.15, 0.2) is 5.17 Å². The summed E-state index contributed by atoms with van der Waals surface area (Å²) in [5.41, 5.74) is 2.62. The molecule has 0 aromatic heterocycles. The van der Waals surface area contributed by atoms with Crippen LogP contribution in [0, 0.1) is 12.8 Å². The molecule has 1 aromatic rings. The van der Waals surface area contributed by atoms with Gasteiger partial charge in [0, 0.05) is 18.8 Å². The molecular weight excluding hydrogens is 216 g/mol. The average molecular weight is 234 g/mol. The standard InChI is InChI=1S/C13H18N2S/c1-10-3-5-12(6-4-10)8-15-13-14-7-11(2)9-16-13/h3-6,11H,7-9H2,1-2H3,(H,14,15). The maximum absolute atomic E-state index is 4.51. The van der Waals surface area contributed by atoms with Crippen LogP contribution < -0.4 is 5.32 Å². The Morgan fingerprint density at radius 2 is 2.12 bits per heavy atom. The van der Waals surface area contributed by atoms with Gasteiger partial charge in [-0.15, -0.1) is 0 Å². The van der Waals surface area contributed by atoms with Gasteiger partial charge in [0.1, 0.15) is 0 Å². The largest absolute Gasteiger partial charge is 0.361 e. The molecule has 86 valence electrons. The van der Waals surface area contributed by atoms with E-state index in [1.807, 2.05) is 11.8 Å². The summed E-state index contributed by atoms with van der Waals surface area (Å²) in [4.78, 5) is 4.51. The minimum absolute atomic E-state index is 0.718. The van der Waals surface area contributed by atoms with E-state index < -0.39 is 0 Å². The van der Waals surface area contributed by atoms with Gasteiger partial charge in [0.25, 0.3) is 0 Å². The molecule has 3 heteroatoms. The van der Waals surface area contributed by atoms with E-state index in [2.05, 4.69) is 48.4 Å². The number of thioether (sulfide) groups is 1. The monoisotopic (exact) mass is 234 g/mol. The molecule has 1 aliphatic rings. The number of hydrogen-bond donors (Lipinski definition) is 1. The first-order chi connectivity index (χ1) is 7.74. The molecule has 2 rings (SSSR count). The van der Waals surface area contributed by atoms with Crippen LogP contribution in [0.1, 0.15) is 18.1 Å². The Morgan fingerprint density at radius 3 is 2.75 bits per heavy atom. The summed E-state index contributed by atoms with van der Waals surface area (Å²) in [6.45, 7) is 6.19. The highest BCUT2D eigenvalue weighted by molar-refractivity contribution is 8.13. The van der Waals surface area contributed by atoms with Crippen molar-refractivity contribution < 1.29 is 0 Å². The highest BCUT2D eigenvalue weighted by atomic mass is 32.2. The van der Waals surface area contributed by atoms with Crippen molar-refractivity contribution in [2.45, 2.75) is 20.4 Å². The van der Waals surface area contributed by atoms with Crippen LogP contribution in [0.25, 0.3) is 0 Å². The second-order valence-electron chi connectivity index (χ2n) is 4.40. The first-order valence-corrected chi connectivity index (χ1v) is 6.69. The van der Waals surface area contributed by atoms with Crippen LogP contribution in [0.4, 0.5) is 0 Å². The maximum Gasteiger partial charge on any atom is 0.156 e. The maximum atomic E-state index is 4.51.